The number of methoxy groups -OCH3 is 1. The summed E-state index contributed by atoms with van der Waals surface area (Å²) in [5.74, 6) is 0.892. The molecule has 94 valence electrons. The highest BCUT2D eigenvalue weighted by Gasteiger charge is 2.02. The van der Waals surface area contributed by atoms with Gasteiger partial charge in [-0.3, -0.25) is 0 Å². The maximum Gasteiger partial charge on any atom is 0.126 e. The molecule has 0 aliphatic rings. The number of nitrogens with two attached hydrogens (primary N) is 1. The molecule has 0 fully saturated rings. The summed E-state index contributed by atoms with van der Waals surface area (Å²) >= 11 is 0. The Labute approximate surface area is 104 Å². The zero-order valence-electron chi connectivity index (χ0n) is 10.9. The smallest absolute Gasteiger partial charge is 0.126 e. The van der Waals surface area contributed by atoms with Crippen LogP contribution in [0.2, 0.25) is 0 Å². The fraction of sp³-hybridized carbons (Fsp3) is 0.429. The SMILES string of the molecule is COc1ccc(CCN(C)C)cc1/C=C/CN. The van der Waals surface area contributed by atoms with E-state index in [2.05, 4.69) is 31.1 Å². The minimum absolute atomic E-state index is 0.547. The summed E-state index contributed by atoms with van der Waals surface area (Å²) in [6.45, 7) is 1.59. The molecule has 0 saturated carbocycles. The van der Waals surface area contributed by atoms with Crippen LogP contribution in [0.4, 0.5) is 0 Å². The Bertz CT molecular complexity index is 372. The average molecular weight is 234 g/mol. The molecule has 1 rings (SSSR count). The lowest BCUT2D eigenvalue weighted by molar-refractivity contribution is 0.410. The molecule has 0 unspecified atom stereocenters. The van der Waals surface area contributed by atoms with Crippen molar-refractivity contribution in [3.63, 3.8) is 0 Å². The van der Waals surface area contributed by atoms with Crippen LogP contribution in [0.1, 0.15) is 11.1 Å². The lowest BCUT2D eigenvalue weighted by Crippen LogP contribution is -2.15. The quantitative estimate of drug-likeness (QED) is 0.815. The van der Waals surface area contributed by atoms with Crippen molar-refractivity contribution < 1.29 is 4.74 Å². The van der Waals surface area contributed by atoms with Gasteiger partial charge in [-0.05, 0) is 38.2 Å². The van der Waals surface area contributed by atoms with E-state index in [0.717, 1.165) is 24.3 Å². The lowest BCUT2D eigenvalue weighted by atomic mass is 10.1. The predicted octanol–water partition coefficient (Wildman–Crippen LogP) is 1.77. The number of ether oxygens (including phenoxy) is 1. The number of likely N-dealkylation sites (N-methyl/N-ethyl adjacent to an activating group) is 1. The van der Waals surface area contributed by atoms with Gasteiger partial charge in [-0.1, -0.05) is 18.2 Å². The molecule has 1 aromatic carbocycles. The van der Waals surface area contributed by atoms with Gasteiger partial charge in [0.2, 0.25) is 0 Å². The first-order valence-electron chi connectivity index (χ1n) is 5.85. The molecule has 17 heavy (non-hydrogen) atoms. The number of hydrogen-bond acceptors (Lipinski definition) is 3. The van der Waals surface area contributed by atoms with Crippen molar-refractivity contribution in [3.8, 4) is 5.75 Å². The minimum Gasteiger partial charge on any atom is -0.496 e. The Balaban J connectivity index is 2.84. The van der Waals surface area contributed by atoms with E-state index in [4.69, 9.17) is 10.5 Å². The van der Waals surface area contributed by atoms with E-state index >= 15 is 0 Å². The molecule has 0 amide bonds. The summed E-state index contributed by atoms with van der Waals surface area (Å²) in [7, 11) is 5.85. The third kappa shape index (κ3) is 4.59. The number of benzene rings is 1. The summed E-state index contributed by atoms with van der Waals surface area (Å²) < 4.78 is 5.32. The Morgan fingerprint density at radius 2 is 2.12 bits per heavy atom. The van der Waals surface area contributed by atoms with Gasteiger partial charge in [0.25, 0.3) is 0 Å². The highest BCUT2D eigenvalue weighted by molar-refractivity contribution is 5.58. The second kappa shape index (κ2) is 7.09. The van der Waals surface area contributed by atoms with Crippen LogP contribution in [0, 0.1) is 0 Å². The normalized spacial score (nSPS) is 11.4. The molecule has 3 heteroatoms. The molecule has 0 atom stereocenters. The molecular formula is C14H22N2O. The summed E-state index contributed by atoms with van der Waals surface area (Å²) in [4.78, 5) is 2.18. The van der Waals surface area contributed by atoms with Gasteiger partial charge in [0.05, 0.1) is 7.11 Å². The number of rotatable bonds is 6. The van der Waals surface area contributed by atoms with Crippen LogP contribution in [-0.4, -0.2) is 39.2 Å². The van der Waals surface area contributed by atoms with Crippen LogP contribution in [-0.2, 0) is 6.42 Å². The average Bonchev–Trinajstić information content (AvgIpc) is 2.33. The third-order valence-corrected chi connectivity index (χ3v) is 2.58. The van der Waals surface area contributed by atoms with Crippen molar-refractivity contribution in [2.75, 3.05) is 34.3 Å². The van der Waals surface area contributed by atoms with Crippen LogP contribution in [0.15, 0.2) is 24.3 Å². The first-order chi connectivity index (χ1) is 8.17. The Morgan fingerprint density at radius 1 is 1.35 bits per heavy atom. The first kappa shape index (κ1) is 13.7. The van der Waals surface area contributed by atoms with Crippen molar-refractivity contribution in [1.29, 1.82) is 0 Å². The zero-order valence-corrected chi connectivity index (χ0v) is 10.9. The predicted molar refractivity (Wildman–Crippen MR) is 73.3 cm³/mol. The van der Waals surface area contributed by atoms with E-state index in [1.807, 2.05) is 18.2 Å². The van der Waals surface area contributed by atoms with Crippen molar-refractivity contribution in [1.82, 2.24) is 4.90 Å². The highest BCUT2D eigenvalue weighted by atomic mass is 16.5. The van der Waals surface area contributed by atoms with E-state index in [1.54, 1.807) is 7.11 Å². The second-order valence-corrected chi connectivity index (χ2v) is 4.27. The fourth-order valence-electron chi connectivity index (χ4n) is 1.62. The first-order valence-corrected chi connectivity index (χ1v) is 5.85. The largest absolute Gasteiger partial charge is 0.496 e. The van der Waals surface area contributed by atoms with E-state index < -0.39 is 0 Å². The maximum absolute atomic E-state index is 5.47. The van der Waals surface area contributed by atoms with E-state index in [-0.39, 0.29) is 0 Å². The molecule has 3 nitrogen and oxygen atoms in total. The van der Waals surface area contributed by atoms with Gasteiger partial charge < -0.3 is 15.4 Å². The molecule has 0 aliphatic heterocycles. The van der Waals surface area contributed by atoms with Gasteiger partial charge in [-0.25, -0.2) is 0 Å². The molecule has 0 bridgehead atoms. The lowest BCUT2D eigenvalue weighted by Gasteiger charge is -2.11. The molecule has 0 radical (unpaired) electrons. The van der Waals surface area contributed by atoms with Gasteiger partial charge in [0.15, 0.2) is 0 Å². The van der Waals surface area contributed by atoms with Crippen LogP contribution in [0.5, 0.6) is 5.75 Å². The summed E-state index contributed by atoms with van der Waals surface area (Å²) in [6, 6.07) is 6.29. The highest BCUT2D eigenvalue weighted by Crippen LogP contribution is 2.21. The molecule has 0 heterocycles. The van der Waals surface area contributed by atoms with Crippen molar-refractivity contribution in [2.24, 2.45) is 5.73 Å². The van der Waals surface area contributed by atoms with E-state index in [0.29, 0.717) is 6.54 Å². The van der Waals surface area contributed by atoms with Crippen LogP contribution in [0.25, 0.3) is 6.08 Å². The molecule has 0 aromatic heterocycles. The number of hydrogen-bond donors (Lipinski definition) is 1. The van der Waals surface area contributed by atoms with Crippen molar-refractivity contribution in [2.45, 2.75) is 6.42 Å². The van der Waals surface area contributed by atoms with Crippen LogP contribution >= 0.6 is 0 Å². The molecule has 0 aliphatic carbocycles. The van der Waals surface area contributed by atoms with Gasteiger partial charge >= 0.3 is 0 Å². The standard InChI is InChI=1S/C14H22N2O/c1-16(2)10-8-12-6-7-14(17-3)13(11-12)5-4-9-15/h4-7,11H,8-10,15H2,1-3H3/b5-4+. The summed E-state index contributed by atoms with van der Waals surface area (Å²) in [5, 5.41) is 0. The summed E-state index contributed by atoms with van der Waals surface area (Å²) in [5.41, 5.74) is 7.88. The Kier molecular flexibility index (Phi) is 5.73. The molecular weight excluding hydrogens is 212 g/mol. The van der Waals surface area contributed by atoms with Gasteiger partial charge in [-0.2, -0.15) is 0 Å². The zero-order chi connectivity index (χ0) is 12.7. The van der Waals surface area contributed by atoms with Crippen molar-refractivity contribution >= 4 is 6.08 Å². The second-order valence-electron chi connectivity index (χ2n) is 4.27. The van der Waals surface area contributed by atoms with E-state index in [9.17, 15) is 0 Å². The third-order valence-electron chi connectivity index (χ3n) is 2.58. The molecule has 1 aromatic rings. The summed E-state index contributed by atoms with van der Waals surface area (Å²) in [6.07, 6.45) is 4.99. The molecule has 0 spiro atoms. The monoisotopic (exact) mass is 234 g/mol. The topological polar surface area (TPSA) is 38.5 Å². The van der Waals surface area contributed by atoms with Crippen LogP contribution in [0.3, 0.4) is 0 Å². The van der Waals surface area contributed by atoms with Gasteiger partial charge in [0, 0.05) is 18.7 Å². The van der Waals surface area contributed by atoms with E-state index in [1.165, 1.54) is 5.56 Å². The Hall–Kier alpha value is -1.32. The van der Waals surface area contributed by atoms with Crippen LogP contribution < -0.4 is 10.5 Å². The Morgan fingerprint density at radius 3 is 2.71 bits per heavy atom. The van der Waals surface area contributed by atoms with Crippen molar-refractivity contribution in [3.05, 3.63) is 35.4 Å². The van der Waals surface area contributed by atoms with Gasteiger partial charge in [0.1, 0.15) is 5.75 Å². The van der Waals surface area contributed by atoms with Gasteiger partial charge in [-0.15, -0.1) is 0 Å². The fourth-order valence-corrected chi connectivity index (χ4v) is 1.62. The molecule has 0 saturated heterocycles. The number of nitrogens with zero attached hydrogens (tertiary/aromatic N) is 1. The molecule has 2 N–H and O–H groups in total. The maximum atomic E-state index is 5.47. The minimum atomic E-state index is 0.547.